The molecule has 35 heavy (non-hydrogen) atoms. The second-order valence-electron chi connectivity index (χ2n) is 7.43. The maximum Gasteiger partial charge on any atom is 0.251 e. The molecular weight excluding hydrogens is 446 g/mol. The molecule has 0 fully saturated rings. The van der Waals surface area contributed by atoms with E-state index in [1.165, 1.54) is 6.33 Å². The molecule has 1 heterocycles. The minimum atomic E-state index is -0.204. The topological polar surface area (TPSA) is 91.8 Å². The third-order valence-electron chi connectivity index (χ3n) is 5.30. The number of carbonyl (C=O) groups is 1. The van der Waals surface area contributed by atoms with Crippen molar-refractivity contribution in [1.82, 2.24) is 15.3 Å². The normalized spacial score (nSPS) is 10.4. The lowest BCUT2D eigenvalue weighted by Gasteiger charge is -2.12. The van der Waals surface area contributed by atoms with Gasteiger partial charge in [0.2, 0.25) is 5.88 Å². The van der Waals surface area contributed by atoms with Gasteiger partial charge in [-0.2, -0.15) is 0 Å². The van der Waals surface area contributed by atoms with Crippen molar-refractivity contribution < 1.29 is 23.7 Å². The van der Waals surface area contributed by atoms with Crippen LogP contribution in [0.4, 0.5) is 0 Å². The summed E-state index contributed by atoms with van der Waals surface area (Å²) in [5.74, 6) is 2.71. The van der Waals surface area contributed by atoms with Crippen molar-refractivity contribution in [1.29, 1.82) is 0 Å². The average molecular weight is 472 g/mol. The van der Waals surface area contributed by atoms with Crippen LogP contribution in [0.5, 0.6) is 28.9 Å². The quantitative estimate of drug-likeness (QED) is 0.372. The summed E-state index contributed by atoms with van der Waals surface area (Å²) in [6, 6.07) is 21.7. The van der Waals surface area contributed by atoms with E-state index in [1.807, 2.05) is 48.5 Å². The summed E-state index contributed by atoms with van der Waals surface area (Å²) in [5, 5.41) is 2.92. The van der Waals surface area contributed by atoms with Gasteiger partial charge in [0, 0.05) is 29.3 Å². The van der Waals surface area contributed by atoms with Crippen molar-refractivity contribution in [3.63, 3.8) is 0 Å². The summed E-state index contributed by atoms with van der Waals surface area (Å²) in [6.45, 7) is 0.302. The monoisotopic (exact) mass is 471 g/mol. The summed E-state index contributed by atoms with van der Waals surface area (Å²) in [5.41, 5.74) is 2.83. The predicted molar refractivity (Wildman–Crippen MR) is 131 cm³/mol. The molecule has 1 N–H and O–H groups in total. The van der Waals surface area contributed by atoms with E-state index >= 15 is 0 Å². The second-order valence-corrected chi connectivity index (χ2v) is 7.43. The Labute approximate surface area is 203 Å². The number of hydrogen-bond acceptors (Lipinski definition) is 7. The molecular formula is C27H25N3O5. The lowest BCUT2D eigenvalue weighted by Crippen LogP contribution is -2.23. The number of benzene rings is 3. The maximum absolute atomic E-state index is 12.7. The number of ether oxygens (including phenoxy) is 4. The number of carbonyl (C=O) groups excluding carboxylic acids is 1. The van der Waals surface area contributed by atoms with E-state index in [0.29, 0.717) is 46.7 Å². The van der Waals surface area contributed by atoms with Gasteiger partial charge >= 0.3 is 0 Å². The van der Waals surface area contributed by atoms with E-state index in [4.69, 9.17) is 18.9 Å². The molecule has 0 radical (unpaired) electrons. The zero-order valence-electron chi connectivity index (χ0n) is 19.6. The zero-order valence-corrected chi connectivity index (χ0v) is 19.6. The Morgan fingerprint density at radius 1 is 0.800 bits per heavy atom. The standard InChI is InChI=1S/C27H25N3O5/c1-32-21-12-13-23(33-2)20(14-21)16-28-27(31)19-10-8-18(9-11-19)22-15-26(30-17-29-22)35-25-7-5-4-6-24(25)34-3/h4-15,17H,16H2,1-3H3,(H,28,31). The summed E-state index contributed by atoms with van der Waals surface area (Å²) in [4.78, 5) is 21.2. The van der Waals surface area contributed by atoms with Crippen LogP contribution < -0.4 is 24.3 Å². The van der Waals surface area contributed by atoms with Crippen LogP contribution in [0.25, 0.3) is 11.3 Å². The number of para-hydroxylation sites is 2. The van der Waals surface area contributed by atoms with E-state index in [9.17, 15) is 4.79 Å². The molecule has 8 heteroatoms. The first-order valence-corrected chi connectivity index (χ1v) is 10.8. The molecule has 0 spiro atoms. The second kappa shape index (κ2) is 11.0. The molecule has 4 rings (SSSR count). The molecule has 0 unspecified atom stereocenters. The Morgan fingerprint density at radius 3 is 2.26 bits per heavy atom. The molecule has 1 amide bonds. The third-order valence-corrected chi connectivity index (χ3v) is 5.30. The number of amides is 1. The van der Waals surface area contributed by atoms with Crippen LogP contribution in [-0.2, 0) is 6.54 Å². The summed E-state index contributed by atoms with van der Waals surface area (Å²) in [6.07, 6.45) is 1.43. The number of nitrogens with zero attached hydrogens (tertiary/aromatic N) is 2. The molecule has 0 aliphatic carbocycles. The Bertz CT molecular complexity index is 1310. The molecule has 0 atom stereocenters. The van der Waals surface area contributed by atoms with Gasteiger partial charge in [-0.25, -0.2) is 9.97 Å². The molecule has 8 nitrogen and oxygen atoms in total. The van der Waals surface area contributed by atoms with Gasteiger partial charge in [0.05, 0.1) is 27.0 Å². The molecule has 0 saturated heterocycles. The van der Waals surface area contributed by atoms with Gasteiger partial charge in [0.1, 0.15) is 17.8 Å². The highest BCUT2D eigenvalue weighted by molar-refractivity contribution is 5.94. The number of nitrogens with one attached hydrogen (secondary N) is 1. The van der Waals surface area contributed by atoms with E-state index in [2.05, 4.69) is 15.3 Å². The zero-order chi connectivity index (χ0) is 24.6. The van der Waals surface area contributed by atoms with Gasteiger partial charge in [-0.05, 0) is 42.5 Å². The molecule has 3 aromatic carbocycles. The van der Waals surface area contributed by atoms with Crippen LogP contribution in [0, 0.1) is 0 Å². The predicted octanol–water partition coefficient (Wildman–Crippen LogP) is 4.89. The highest BCUT2D eigenvalue weighted by atomic mass is 16.5. The SMILES string of the molecule is COc1ccc(OC)c(CNC(=O)c2ccc(-c3cc(Oc4ccccc4OC)ncn3)cc2)c1. The number of methoxy groups -OCH3 is 3. The first-order chi connectivity index (χ1) is 17.1. The molecule has 0 saturated carbocycles. The van der Waals surface area contributed by atoms with Crippen LogP contribution >= 0.6 is 0 Å². The first-order valence-electron chi connectivity index (χ1n) is 10.8. The van der Waals surface area contributed by atoms with Crippen LogP contribution in [0.1, 0.15) is 15.9 Å². The number of hydrogen-bond donors (Lipinski definition) is 1. The maximum atomic E-state index is 12.7. The van der Waals surface area contributed by atoms with Crippen molar-refractivity contribution in [3.8, 4) is 40.1 Å². The minimum Gasteiger partial charge on any atom is -0.497 e. The Hall–Kier alpha value is -4.59. The van der Waals surface area contributed by atoms with Crippen LogP contribution in [0.3, 0.4) is 0 Å². The largest absolute Gasteiger partial charge is 0.497 e. The number of aromatic nitrogens is 2. The van der Waals surface area contributed by atoms with E-state index in [-0.39, 0.29) is 5.91 Å². The number of rotatable bonds is 9. The highest BCUT2D eigenvalue weighted by Crippen LogP contribution is 2.31. The molecule has 178 valence electrons. The van der Waals surface area contributed by atoms with Crippen LogP contribution in [0.2, 0.25) is 0 Å². The fraction of sp³-hybridized carbons (Fsp3) is 0.148. The molecule has 0 aliphatic heterocycles. The van der Waals surface area contributed by atoms with Crippen molar-refractivity contribution >= 4 is 5.91 Å². The fourth-order valence-corrected chi connectivity index (χ4v) is 3.46. The van der Waals surface area contributed by atoms with Crippen molar-refractivity contribution in [3.05, 3.63) is 90.3 Å². The summed E-state index contributed by atoms with van der Waals surface area (Å²) >= 11 is 0. The van der Waals surface area contributed by atoms with E-state index < -0.39 is 0 Å². The fourth-order valence-electron chi connectivity index (χ4n) is 3.46. The Balaban J connectivity index is 1.44. The Morgan fingerprint density at radius 2 is 1.54 bits per heavy atom. The molecule has 0 aliphatic rings. The summed E-state index contributed by atoms with van der Waals surface area (Å²) < 4.78 is 21.8. The van der Waals surface area contributed by atoms with Gasteiger partial charge in [-0.1, -0.05) is 24.3 Å². The van der Waals surface area contributed by atoms with Gasteiger partial charge in [-0.3, -0.25) is 4.79 Å². The van der Waals surface area contributed by atoms with Crippen molar-refractivity contribution in [2.75, 3.05) is 21.3 Å². The molecule has 4 aromatic rings. The average Bonchev–Trinajstić information content (AvgIpc) is 2.92. The van der Waals surface area contributed by atoms with Crippen LogP contribution in [-0.4, -0.2) is 37.2 Å². The van der Waals surface area contributed by atoms with Crippen LogP contribution in [0.15, 0.2) is 79.1 Å². The van der Waals surface area contributed by atoms with Crippen molar-refractivity contribution in [2.24, 2.45) is 0 Å². The third kappa shape index (κ3) is 5.67. The van der Waals surface area contributed by atoms with Gasteiger partial charge < -0.3 is 24.3 Å². The molecule has 0 bridgehead atoms. The lowest BCUT2D eigenvalue weighted by atomic mass is 10.1. The van der Waals surface area contributed by atoms with E-state index in [0.717, 1.165) is 11.1 Å². The highest BCUT2D eigenvalue weighted by Gasteiger charge is 2.11. The smallest absolute Gasteiger partial charge is 0.251 e. The lowest BCUT2D eigenvalue weighted by molar-refractivity contribution is 0.0950. The Kier molecular flexibility index (Phi) is 7.42. The van der Waals surface area contributed by atoms with Gasteiger partial charge in [0.15, 0.2) is 11.5 Å². The van der Waals surface area contributed by atoms with Gasteiger partial charge in [0.25, 0.3) is 5.91 Å². The van der Waals surface area contributed by atoms with Gasteiger partial charge in [-0.15, -0.1) is 0 Å². The van der Waals surface area contributed by atoms with E-state index in [1.54, 1.807) is 45.6 Å². The van der Waals surface area contributed by atoms with Crippen molar-refractivity contribution in [2.45, 2.75) is 6.54 Å². The first kappa shape index (κ1) is 23.6. The molecule has 1 aromatic heterocycles. The summed E-state index contributed by atoms with van der Waals surface area (Å²) in [7, 11) is 4.77. The minimum absolute atomic E-state index is 0.204.